The van der Waals surface area contributed by atoms with Gasteiger partial charge in [-0.1, -0.05) is 11.3 Å². The van der Waals surface area contributed by atoms with Gasteiger partial charge in [-0.05, 0) is 29.0 Å². The van der Waals surface area contributed by atoms with Crippen LogP contribution in [0, 0.1) is 0 Å². The Kier molecular flexibility index (Phi) is 2.15. The number of hydrogen-bond donors (Lipinski definition) is 0. The van der Waals surface area contributed by atoms with E-state index in [1.807, 2.05) is 6.07 Å². The van der Waals surface area contributed by atoms with E-state index in [9.17, 15) is 0 Å². The van der Waals surface area contributed by atoms with Crippen molar-refractivity contribution >= 4 is 22.7 Å². The minimum Gasteiger partial charge on any atom is -0.487 e. The molecule has 3 heteroatoms. The molecule has 0 aliphatic rings. The number of hydrogen-bond acceptors (Lipinski definition) is 3. The van der Waals surface area contributed by atoms with E-state index in [0.717, 1.165) is 5.06 Å². The predicted octanol–water partition coefficient (Wildman–Crippen LogP) is 3.49. The zero-order valence-corrected chi connectivity index (χ0v) is 8.24. The maximum atomic E-state index is 5.11. The van der Waals surface area contributed by atoms with Crippen molar-refractivity contribution in [1.82, 2.24) is 0 Å². The van der Waals surface area contributed by atoms with E-state index in [1.54, 1.807) is 29.8 Å². The van der Waals surface area contributed by atoms with Crippen molar-refractivity contribution < 1.29 is 4.74 Å². The van der Waals surface area contributed by atoms with Crippen LogP contribution in [0.4, 0.5) is 0 Å². The summed E-state index contributed by atoms with van der Waals surface area (Å²) in [7, 11) is 1.70. The van der Waals surface area contributed by atoms with Crippen molar-refractivity contribution in [2.75, 3.05) is 7.11 Å². The average molecular weight is 196 g/mol. The van der Waals surface area contributed by atoms with Crippen LogP contribution in [-0.2, 0) is 0 Å². The molecule has 0 amide bonds. The Morgan fingerprint density at radius 3 is 2.75 bits per heavy atom. The van der Waals surface area contributed by atoms with Crippen molar-refractivity contribution in [3.63, 3.8) is 0 Å². The van der Waals surface area contributed by atoms with Crippen LogP contribution in [0.5, 0.6) is 5.06 Å². The molecule has 0 N–H and O–H groups in total. The second kappa shape index (κ2) is 3.29. The maximum absolute atomic E-state index is 5.11. The summed E-state index contributed by atoms with van der Waals surface area (Å²) in [4.78, 5) is 1.27. The summed E-state index contributed by atoms with van der Waals surface area (Å²) in [6.45, 7) is 0. The van der Waals surface area contributed by atoms with Gasteiger partial charge in [-0.25, -0.2) is 0 Å². The highest BCUT2D eigenvalue weighted by Crippen LogP contribution is 2.33. The van der Waals surface area contributed by atoms with E-state index in [1.165, 1.54) is 10.4 Å². The normalized spacial score (nSPS) is 10.1. The third-order valence-electron chi connectivity index (χ3n) is 1.59. The molecule has 2 aromatic rings. The molecule has 0 spiro atoms. The smallest absolute Gasteiger partial charge is 0.173 e. The Morgan fingerprint density at radius 1 is 1.25 bits per heavy atom. The molecule has 0 unspecified atom stereocenters. The first kappa shape index (κ1) is 7.83. The van der Waals surface area contributed by atoms with E-state index in [4.69, 9.17) is 4.74 Å². The van der Waals surface area contributed by atoms with Crippen LogP contribution in [-0.4, -0.2) is 7.11 Å². The molecule has 2 heterocycles. The van der Waals surface area contributed by atoms with E-state index in [2.05, 4.69) is 22.9 Å². The van der Waals surface area contributed by atoms with Crippen molar-refractivity contribution in [2.24, 2.45) is 0 Å². The van der Waals surface area contributed by atoms with Gasteiger partial charge in [0.15, 0.2) is 5.06 Å². The zero-order chi connectivity index (χ0) is 8.39. The Bertz CT molecular complexity index is 348. The van der Waals surface area contributed by atoms with Gasteiger partial charge < -0.3 is 4.74 Å². The SMILES string of the molecule is COc1ccc(-c2ccsc2)s1. The lowest BCUT2D eigenvalue weighted by Crippen LogP contribution is -1.73. The van der Waals surface area contributed by atoms with Gasteiger partial charge in [0.2, 0.25) is 0 Å². The topological polar surface area (TPSA) is 9.23 Å². The predicted molar refractivity (Wildman–Crippen MR) is 54.2 cm³/mol. The van der Waals surface area contributed by atoms with E-state index in [-0.39, 0.29) is 0 Å². The second-order valence-corrected chi connectivity index (χ2v) is 4.16. The van der Waals surface area contributed by atoms with Gasteiger partial charge >= 0.3 is 0 Å². The van der Waals surface area contributed by atoms with Gasteiger partial charge in [-0.3, -0.25) is 0 Å². The molecule has 12 heavy (non-hydrogen) atoms. The minimum atomic E-state index is 0.969. The molecule has 0 fully saturated rings. The summed E-state index contributed by atoms with van der Waals surface area (Å²) in [5.74, 6) is 0. The van der Waals surface area contributed by atoms with E-state index < -0.39 is 0 Å². The number of methoxy groups -OCH3 is 1. The van der Waals surface area contributed by atoms with Gasteiger partial charge in [-0.15, -0.1) is 0 Å². The Balaban J connectivity index is 2.35. The monoisotopic (exact) mass is 196 g/mol. The summed E-state index contributed by atoms with van der Waals surface area (Å²) in [5, 5.41) is 5.20. The number of thiophene rings is 2. The van der Waals surface area contributed by atoms with Gasteiger partial charge in [0.05, 0.1) is 7.11 Å². The Hall–Kier alpha value is -0.800. The minimum absolute atomic E-state index is 0.969. The largest absolute Gasteiger partial charge is 0.487 e. The van der Waals surface area contributed by atoms with Gasteiger partial charge in [0, 0.05) is 10.4 Å². The highest BCUT2D eigenvalue weighted by molar-refractivity contribution is 7.17. The number of rotatable bonds is 2. The van der Waals surface area contributed by atoms with Crippen LogP contribution in [0.1, 0.15) is 0 Å². The summed E-state index contributed by atoms with van der Waals surface area (Å²) < 4.78 is 5.11. The van der Waals surface area contributed by atoms with Crippen LogP contribution in [0.3, 0.4) is 0 Å². The lowest BCUT2D eigenvalue weighted by Gasteiger charge is -1.90. The van der Waals surface area contributed by atoms with Crippen LogP contribution in [0.15, 0.2) is 29.0 Å². The standard InChI is InChI=1S/C9H8OS2/c1-10-9-3-2-8(12-9)7-4-5-11-6-7/h2-6H,1H3. The quantitative estimate of drug-likeness (QED) is 0.714. The zero-order valence-electron chi connectivity index (χ0n) is 6.61. The molecule has 0 atom stereocenters. The summed E-state index contributed by atoms with van der Waals surface area (Å²) in [6, 6.07) is 6.21. The molecular weight excluding hydrogens is 188 g/mol. The van der Waals surface area contributed by atoms with Gasteiger partial charge in [-0.2, -0.15) is 11.3 Å². The Labute approximate surface area is 79.2 Å². The second-order valence-electron chi connectivity index (χ2n) is 2.33. The molecular formula is C9H8OS2. The Morgan fingerprint density at radius 2 is 2.17 bits per heavy atom. The van der Waals surface area contributed by atoms with Crippen LogP contribution in [0.2, 0.25) is 0 Å². The highest BCUT2D eigenvalue weighted by Gasteiger charge is 2.01. The summed E-state index contributed by atoms with van der Waals surface area (Å²) in [5.41, 5.74) is 1.29. The molecule has 62 valence electrons. The van der Waals surface area contributed by atoms with Crippen molar-refractivity contribution in [2.45, 2.75) is 0 Å². The van der Waals surface area contributed by atoms with Gasteiger partial charge in [0.1, 0.15) is 0 Å². The lowest BCUT2D eigenvalue weighted by atomic mass is 10.3. The molecule has 0 aliphatic carbocycles. The molecule has 0 saturated heterocycles. The van der Waals surface area contributed by atoms with E-state index >= 15 is 0 Å². The third-order valence-corrected chi connectivity index (χ3v) is 3.37. The first-order chi connectivity index (χ1) is 5.90. The average Bonchev–Trinajstić information content (AvgIpc) is 2.75. The fourth-order valence-corrected chi connectivity index (χ4v) is 2.54. The molecule has 2 aromatic heterocycles. The van der Waals surface area contributed by atoms with Crippen LogP contribution >= 0.6 is 22.7 Å². The highest BCUT2D eigenvalue weighted by atomic mass is 32.1. The molecule has 0 aromatic carbocycles. The third kappa shape index (κ3) is 1.38. The first-order valence-electron chi connectivity index (χ1n) is 3.56. The van der Waals surface area contributed by atoms with Crippen LogP contribution < -0.4 is 4.74 Å². The van der Waals surface area contributed by atoms with Crippen molar-refractivity contribution in [1.29, 1.82) is 0 Å². The van der Waals surface area contributed by atoms with E-state index in [0.29, 0.717) is 0 Å². The molecule has 0 aliphatic heterocycles. The maximum Gasteiger partial charge on any atom is 0.173 e. The fraction of sp³-hybridized carbons (Fsp3) is 0.111. The summed E-state index contributed by atoms with van der Waals surface area (Å²) >= 11 is 3.39. The molecule has 1 nitrogen and oxygen atoms in total. The van der Waals surface area contributed by atoms with Crippen molar-refractivity contribution in [3.8, 4) is 15.5 Å². The summed E-state index contributed by atoms with van der Waals surface area (Å²) in [6.07, 6.45) is 0. The van der Waals surface area contributed by atoms with Crippen molar-refractivity contribution in [3.05, 3.63) is 29.0 Å². The lowest BCUT2D eigenvalue weighted by molar-refractivity contribution is 0.427. The van der Waals surface area contributed by atoms with Crippen LogP contribution in [0.25, 0.3) is 10.4 Å². The fourth-order valence-electron chi connectivity index (χ4n) is 0.990. The first-order valence-corrected chi connectivity index (χ1v) is 5.32. The molecule has 0 saturated carbocycles. The molecule has 2 rings (SSSR count). The van der Waals surface area contributed by atoms with Gasteiger partial charge in [0.25, 0.3) is 0 Å². The number of ether oxygens (including phenoxy) is 1. The molecule has 0 radical (unpaired) electrons. The molecule has 0 bridgehead atoms.